The van der Waals surface area contributed by atoms with E-state index >= 15 is 0 Å². The highest BCUT2D eigenvalue weighted by Crippen LogP contribution is 2.30. The topological polar surface area (TPSA) is 55.1 Å². The average Bonchev–Trinajstić information content (AvgIpc) is 3.15. The van der Waals surface area contributed by atoms with Crippen molar-refractivity contribution in [1.82, 2.24) is 4.98 Å². The van der Waals surface area contributed by atoms with Crippen molar-refractivity contribution >= 4 is 43.6 Å². The molecule has 0 aliphatic heterocycles. The molecule has 0 saturated carbocycles. The van der Waals surface area contributed by atoms with Gasteiger partial charge in [0.25, 0.3) is 5.91 Å². The highest BCUT2D eigenvalue weighted by atomic mass is 32.1. The summed E-state index contributed by atoms with van der Waals surface area (Å²) >= 11 is 1.47. The molecule has 0 fully saturated rings. The third-order valence-electron chi connectivity index (χ3n) is 3.95. The Morgan fingerprint density at radius 1 is 1.17 bits per heavy atom. The van der Waals surface area contributed by atoms with Crippen LogP contribution in [0.25, 0.3) is 21.2 Å². The highest BCUT2D eigenvalue weighted by Gasteiger charge is 2.15. The number of rotatable bonds is 2. The summed E-state index contributed by atoms with van der Waals surface area (Å²) in [5.74, 6) is 0.00740. The van der Waals surface area contributed by atoms with Crippen molar-refractivity contribution in [2.45, 2.75) is 13.8 Å². The number of fused-ring (bicyclic) bond motifs is 2. The van der Waals surface area contributed by atoms with Gasteiger partial charge in [0.15, 0.2) is 10.9 Å². The fourth-order valence-corrected chi connectivity index (χ4v) is 3.45. The quantitative estimate of drug-likeness (QED) is 0.570. The summed E-state index contributed by atoms with van der Waals surface area (Å²) in [6.07, 6.45) is 0. The Kier molecular flexibility index (Phi) is 3.16. The molecule has 0 bridgehead atoms. The highest BCUT2D eigenvalue weighted by molar-refractivity contribution is 7.22. The molecule has 0 aliphatic rings. The van der Waals surface area contributed by atoms with E-state index in [2.05, 4.69) is 23.3 Å². The molecule has 114 valence electrons. The molecule has 0 radical (unpaired) electrons. The Hall–Kier alpha value is -2.66. The summed E-state index contributed by atoms with van der Waals surface area (Å²) in [4.78, 5) is 16.9. The number of hydrogen-bond donors (Lipinski definition) is 1. The number of carbonyl (C=O) groups is 1. The molecule has 4 nitrogen and oxygen atoms in total. The van der Waals surface area contributed by atoms with Crippen molar-refractivity contribution in [3.05, 3.63) is 59.4 Å². The lowest BCUT2D eigenvalue weighted by molar-refractivity contribution is 0.0998. The minimum Gasteiger partial charge on any atom is -0.451 e. The van der Waals surface area contributed by atoms with Crippen LogP contribution >= 0.6 is 11.3 Å². The largest absolute Gasteiger partial charge is 0.451 e. The zero-order chi connectivity index (χ0) is 16.0. The number of aryl methyl sites for hydroxylation is 2. The third kappa shape index (κ3) is 2.39. The van der Waals surface area contributed by atoms with Crippen LogP contribution < -0.4 is 5.32 Å². The summed E-state index contributed by atoms with van der Waals surface area (Å²) in [5, 5.41) is 4.32. The number of benzene rings is 2. The van der Waals surface area contributed by atoms with Gasteiger partial charge in [0.05, 0.1) is 10.2 Å². The van der Waals surface area contributed by atoms with E-state index in [1.165, 1.54) is 16.9 Å². The third-order valence-corrected chi connectivity index (χ3v) is 4.89. The van der Waals surface area contributed by atoms with Crippen LogP contribution in [0.2, 0.25) is 0 Å². The minimum absolute atomic E-state index is 0.283. The molecular weight excluding hydrogens is 308 g/mol. The number of thiazole rings is 1. The summed E-state index contributed by atoms with van der Waals surface area (Å²) < 4.78 is 6.65. The molecule has 0 spiro atoms. The average molecular weight is 322 g/mol. The number of carbonyl (C=O) groups excluding carboxylic acids is 1. The lowest BCUT2D eigenvalue weighted by Gasteiger charge is -1.98. The van der Waals surface area contributed by atoms with Crippen LogP contribution in [0.5, 0.6) is 0 Å². The van der Waals surface area contributed by atoms with Gasteiger partial charge in [0.1, 0.15) is 5.58 Å². The fourth-order valence-electron chi connectivity index (χ4n) is 2.53. The van der Waals surface area contributed by atoms with Gasteiger partial charge in [0, 0.05) is 5.39 Å². The van der Waals surface area contributed by atoms with Gasteiger partial charge < -0.3 is 4.42 Å². The van der Waals surface area contributed by atoms with Crippen molar-refractivity contribution < 1.29 is 9.21 Å². The van der Waals surface area contributed by atoms with Crippen molar-refractivity contribution in [1.29, 1.82) is 0 Å². The predicted molar refractivity (Wildman–Crippen MR) is 93.3 cm³/mol. The molecule has 1 amide bonds. The SMILES string of the molecule is Cc1ccc2sc(NC(=O)c3cc4ccccc4o3)nc2c1C. The minimum atomic E-state index is -0.283. The van der Waals surface area contributed by atoms with E-state index in [-0.39, 0.29) is 5.91 Å². The second-order valence-electron chi connectivity index (χ2n) is 5.48. The standard InChI is InChI=1S/C18H14N2O2S/c1-10-7-8-15-16(11(10)2)19-18(23-15)20-17(21)14-9-12-5-3-4-6-13(12)22-14/h3-9H,1-2H3,(H,19,20,21). The zero-order valence-electron chi connectivity index (χ0n) is 12.7. The van der Waals surface area contributed by atoms with E-state index in [0.717, 1.165) is 21.2 Å². The van der Waals surface area contributed by atoms with E-state index in [4.69, 9.17) is 4.42 Å². The summed E-state index contributed by atoms with van der Waals surface area (Å²) in [5.41, 5.74) is 3.98. The molecule has 4 rings (SSSR count). The summed E-state index contributed by atoms with van der Waals surface area (Å²) in [6, 6.07) is 13.4. The van der Waals surface area contributed by atoms with Gasteiger partial charge >= 0.3 is 0 Å². The molecule has 0 atom stereocenters. The first kappa shape index (κ1) is 14.0. The smallest absolute Gasteiger partial charge is 0.293 e. The lowest BCUT2D eigenvalue weighted by atomic mass is 10.1. The van der Waals surface area contributed by atoms with E-state index in [0.29, 0.717) is 16.5 Å². The van der Waals surface area contributed by atoms with Crippen molar-refractivity contribution in [3.8, 4) is 0 Å². The van der Waals surface area contributed by atoms with Gasteiger partial charge in [-0.25, -0.2) is 4.98 Å². The van der Waals surface area contributed by atoms with Crippen LogP contribution in [-0.2, 0) is 0 Å². The zero-order valence-corrected chi connectivity index (χ0v) is 13.5. The lowest BCUT2D eigenvalue weighted by Crippen LogP contribution is -2.10. The van der Waals surface area contributed by atoms with Crippen LogP contribution in [0.4, 0.5) is 5.13 Å². The van der Waals surface area contributed by atoms with Crippen molar-refractivity contribution in [2.75, 3.05) is 5.32 Å². The van der Waals surface area contributed by atoms with Crippen LogP contribution in [0.1, 0.15) is 21.7 Å². The monoisotopic (exact) mass is 322 g/mol. The van der Waals surface area contributed by atoms with E-state index < -0.39 is 0 Å². The fraction of sp³-hybridized carbons (Fsp3) is 0.111. The molecule has 2 aromatic carbocycles. The Morgan fingerprint density at radius 2 is 2.00 bits per heavy atom. The molecule has 5 heteroatoms. The first-order valence-corrected chi connectivity index (χ1v) is 8.10. The molecule has 23 heavy (non-hydrogen) atoms. The summed E-state index contributed by atoms with van der Waals surface area (Å²) in [7, 11) is 0. The van der Waals surface area contributed by atoms with Gasteiger partial charge in [-0.05, 0) is 43.2 Å². The molecule has 0 aliphatic carbocycles. The predicted octanol–water partition coefficient (Wildman–Crippen LogP) is 4.91. The van der Waals surface area contributed by atoms with Crippen LogP contribution in [0.15, 0.2) is 46.9 Å². The first-order chi connectivity index (χ1) is 11.1. The van der Waals surface area contributed by atoms with Crippen LogP contribution in [0, 0.1) is 13.8 Å². The van der Waals surface area contributed by atoms with Crippen LogP contribution in [-0.4, -0.2) is 10.9 Å². The van der Waals surface area contributed by atoms with Gasteiger partial charge in [-0.3, -0.25) is 10.1 Å². The molecule has 0 unspecified atom stereocenters. The van der Waals surface area contributed by atoms with Crippen LogP contribution in [0.3, 0.4) is 0 Å². The number of anilines is 1. The number of para-hydroxylation sites is 1. The van der Waals surface area contributed by atoms with Gasteiger partial charge in [-0.1, -0.05) is 35.6 Å². The normalized spacial score (nSPS) is 11.2. The molecule has 0 saturated heterocycles. The molecule has 2 heterocycles. The number of furan rings is 1. The maximum Gasteiger partial charge on any atom is 0.293 e. The van der Waals surface area contributed by atoms with Gasteiger partial charge in [0.2, 0.25) is 0 Å². The number of nitrogens with zero attached hydrogens (tertiary/aromatic N) is 1. The molecule has 1 N–H and O–H groups in total. The first-order valence-electron chi connectivity index (χ1n) is 7.28. The second kappa shape index (κ2) is 5.21. The van der Waals surface area contributed by atoms with E-state index in [9.17, 15) is 4.79 Å². The Morgan fingerprint density at radius 3 is 2.83 bits per heavy atom. The second-order valence-corrected chi connectivity index (χ2v) is 6.51. The molecule has 2 aromatic heterocycles. The number of amides is 1. The number of nitrogens with one attached hydrogen (secondary N) is 1. The molecular formula is C18H14N2O2S. The maximum absolute atomic E-state index is 12.4. The maximum atomic E-state index is 12.4. The molecule has 4 aromatic rings. The van der Waals surface area contributed by atoms with E-state index in [1.54, 1.807) is 6.07 Å². The Balaban J connectivity index is 1.67. The van der Waals surface area contributed by atoms with E-state index in [1.807, 2.05) is 37.3 Å². The number of aromatic nitrogens is 1. The summed E-state index contributed by atoms with van der Waals surface area (Å²) in [6.45, 7) is 4.10. The van der Waals surface area contributed by atoms with Crippen molar-refractivity contribution in [2.24, 2.45) is 0 Å². The van der Waals surface area contributed by atoms with Gasteiger partial charge in [-0.15, -0.1) is 0 Å². The Labute approximate surface area is 136 Å². The van der Waals surface area contributed by atoms with Crippen molar-refractivity contribution in [3.63, 3.8) is 0 Å². The van der Waals surface area contributed by atoms with Gasteiger partial charge in [-0.2, -0.15) is 0 Å². The Bertz CT molecular complexity index is 1010. The number of hydrogen-bond acceptors (Lipinski definition) is 4.